The van der Waals surface area contributed by atoms with Crippen molar-refractivity contribution >= 4 is 33.3 Å². The standard InChI is InChI=1S/C9H7BrClFO/c1-5(11)9(13)6-3-2-4-7(10)8(6)12/h2-5H,1H3. The van der Waals surface area contributed by atoms with Crippen molar-refractivity contribution in [3.05, 3.63) is 34.1 Å². The number of carbonyl (C=O) groups is 1. The van der Waals surface area contributed by atoms with Crippen LogP contribution in [0.15, 0.2) is 22.7 Å². The fourth-order valence-corrected chi connectivity index (χ4v) is 1.39. The highest BCUT2D eigenvalue weighted by atomic mass is 79.9. The van der Waals surface area contributed by atoms with Crippen LogP contribution in [0.2, 0.25) is 0 Å². The van der Waals surface area contributed by atoms with Crippen LogP contribution >= 0.6 is 27.5 Å². The van der Waals surface area contributed by atoms with Gasteiger partial charge in [0.05, 0.1) is 15.4 Å². The van der Waals surface area contributed by atoms with Gasteiger partial charge in [0, 0.05) is 0 Å². The number of ketones is 1. The molecule has 0 heterocycles. The summed E-state index contributed by atoms with van der Waals surface area (Å²) in [5.41, 5.74) is 0.0249. The summed E-state index contributed by atoms with van der Waals surface area (Å²) in [5.74, 6) is -0.958. The van der Waals surface area contributed by atoms with Gasteiger partial charge in [-0.1, -0.05) is 6.07 Å². The average molecular weight is 266 g/mol. The molecule has 1 aromatic rings. The summed E-state index contributed by atoms with van der Waals surface area (Å²) in [7, 11) is 0. The second kappa shape index (κ2) is 4.20. The summed E-state index contributed by atoms with van der Waals surface area (Å²) in [6.45, 7) is 1.52. The Morgan fingerprint density at radius 2 is 2.23 bits per heavy atom. The zero-order valence-electron chi connectivity index (χ0n) is 6.85. The number of halogens is 3. The maximum absolute atomic E-state index is 13.3. The van der Waals surface area contributed by atoms with Gasteiger partial charge in [0.1, 0.15) is 5.82 Å². The molecule has 13 heavy (non-hydrogen) atoms. The fourth-order valence-electron chi connectivity index (χ4n) is 0.908. The van der Waals surface area contributed by atoms with Gasteiger partial charge in [-0.15, -0.1) is 11.6 Å². The summed E-state index contributed by atoms with van der Waals surface area (Å²) in [5, 5.41) is -0.705. The SMILES string of the molecule is CC(Cl)C(=O)c1cccc(Br)c1F. The maximum atomic E-state index is 13.3. The average Bonchev–Trinajstić information content (AvgIpc) is 2.08. The van der Waals surface area contributed by atoms with Crippen LogP contribution in [0.3, 0.4) is 0 Å². The third kappa shape index (κ3) is 2.29. The predicted octanol–water partition coefficient (Wildman–Crippen LogP) is 3.40. The number of hydrogen-bond acceptors (Lipinski definition) is 1. The van der Waals surface area contributed by atoms with Gasteiger partial charge in [0.15, 0.2) is 5.78 Å². The molecule has 0 aliphatic carbocycles. The first-order valence-corrected chi connectivity index (χ1v) is 4.89. The summed E-state index contributed by atoms with van der Waals surface area (Å²) < 4.78 is 13.6. The molecule has 0 radical (unpaired) electrons. The van der Waals surface area contributed by atoms with Crippen LogP contribution in [-0.2, 0) is 0 Å². The number of benzene rings is 1. The second-order valence-corrected chi connectivity index (χ2v) is 4.09. The minimum atomic E-state index is -0.705. The van der Waals surface area contributed by atoms with Crippen LogP contribution < -0.4 is 0 Å². The largest absolute Gasteiger partial charge is 0.292 e. The van der Waals surface area contributed by atoms with E-state index in [4.69, 9.17) is 11.6 Å². The Kier molecular flexibility index (Phi) is 3.45. The second-order valence-electron chi connectivity index (χ2n) is 2.58. The minimum absolute atomic E-state index is 0.0249. The van der Waals surface area contributed by atoms with Crippen LogP contribution in [0, 0.1) is 5.82 Å². The van der Waals surface area contributed by atoms with Crippen LogP contribution in [-0.4, -0.2) is 11.2 Å². The highest BCUT2D eigenvalue weighted by molar-refractivity contribution is 9.10. The molecule has 1 nitrogen and oxygen atoms in total. The molecule has 4 heteroatoms. The van der Waals surface area contributed by atoms with Crippen molar-refractivity contribution in [2.45, 2.75) is 12.3 Å². The Morgan fingerprint density at radius 3 is 2.77 bits per heavy atom. The highest BCUT2D eigenvalue weighted by Crippen LogP contribution is 2.20. The molecule has 0 saturated carbocycles. The molecule has 0 N–H and O–H groups in total. The van der Waals surface area contributed by atoms with E-state index in [9.17, 15) is 9.18 Å². The summed E-state index contributed by atoms with van der Waals surface area (Å²) in [4.78, 5) is 11.3. The van der Waals surface area contributed by atoms with Gasteiger partial charge in [-0.3, -0.25) is 4.79 Å². The molecule has 0 aromatic heterocycles. The van der Waals surface area contributed by atoms with Crippen LogP contribution in [0.25, 0.3) is 0 Å². The number of alkyl halides is 1. The van der Waals surface area contributed by atoms with E-state index in [0.717, 1.165) is 0 Å². The molecular weight excluding hydrogens is 258 g/mol. The molecule has 1 rings (SSSR count). The molecule has 1 atom stereocenters. The van der Waals surface area contributed by atoms with E-state index < -0.39 is 17.0 Å². The molecule has 0 spiro atoms. The number of Topliss-reactive ketones (excluding diaryl/α,β-unsaturated/α-hetero) is 1. The first-order chi connectivity index (χ1) is 6.04. The quantitative estimate of drug-likeness (QED) is 0.592. The highest BCUT2D eigenvalue weighted by Gasteiger charge is 2.17. The van der Waals surface area contributed by atoms with E-state index in [1.165, 1.54) is 19.1 Å². The van der Waals surface area contributed by atoms with Gasteiger partial charge in [0.25, 0.3) is 0 Å². The topological polar surface area (TPSA) is 17.1 Å². The predicted molar refractivity (Wildman–Crippen MR) is 53.7 cm³/mol. The Labute approximate surface area is 89.0 Å². The van der Waals surface area contributed by atoms with E-state index in [2.05, 4.69) is 15.9 Å². The normalized spacial score (nSPS) is 12.6. The zero-order valence-corrected chi connectivity index (χ0v) is 9.19. The van der Waals surface area contributed by atoms with Gasteiger partial charge in [0.2, 0.25) is 0 Å². The Hall–Kier alpha value is -0.410. The van der Waals surface area contributed by atoms with E-state index in [-0.39, 0.29) is 10.0 Å². The molecule has 1 unspecified atom stereocenters. The monoisotopic (exact) mass is 264 g/mol. The van der Waals surface area contributed by atoms with Crippen molar-refractivity contribution in [3.8, 4) is 0 Å². The van der Waals surface area contributed by atoms with Gasteiger partial charge in [-0.2, -0.15) is 0 Å². The molecular formula is C9H7BrClFO. The summed E-state index contributed by atoms with van der Waals surface area (Å²) in [6.07, 6.45) is 0. The lowest BCUT2D eigenvalue weighted by Crippen LogP contribution is -2.12. The molecule has 70 valence electrons. The van der Waals surface area contributed by atoms with Gasteiger partial charge in [-0.05, 0) is 35.0 Å². The first kappa shape index (κ1) is 10.7. The zero-order chi connectivity index (χ0) is 10.0. The van der Waals surface area contributed by atoms with Gasteiger partial charge >= 0.3 is 0 Å². The fraction of sp³-hybridized carbons (Fsp3) is 0.222. The first-order valence-electron chi connectivity index (χ1n) is 3.66. The minimum Gasteiger partial charge on any atom is -0.292 e. The Balaban J connectivity index is 3.15. The van der Waals surface area contributed by atoms with Crippen molar-refractivity contribution in [1.29, 1.82) is 0 Å². The third-order valence-electron chi connectivity index (χ3n) is 1.58. The van der Waals surface area contributed by atoms with Crippen molar-refractivity contribution < 1.29 is 9.18 Å². The smallest absolute Gasteiger partial charge is 0.183 e. The lowest BCUT2D eigenvalue weighted by Gasteiger charge is -2.04. The Bertz CT molecular complexity index is 338. The number of rotatable bonds is 2. The van der Waals surface area contributed by atoms with E-state index in [0.29, 0.717) is 0 Å². The van der Waals surface area contributed by atoms with Crippen molar-refractivity contribution in [1.82, 2.24) is 0 Å². The van der Waals surface area contributed by atoms with Crippen LogP contribution in [0.4, 0.5) is 4.39 Å². The summed E-state index contributed by atoms with van der Waals surface area (Å²) >= 11 is 8.55. The van der Waals surface area contributed by atoms with Crippen LogP contribution in [0.1, 0.15) is 17.3 Å². The molecule has 1 aromatic carbocycles. The lowest BCUT2D eigenvalue weighted by atomic mass is 10.1. The van der Waals surface area contributed by atoms with Gasteiger partial charge < -0.3 is 0 Å². The van der Waals surface area contributed by atoms with Crippen LogP contribution in [0.5, 0.6) is 0 Å². The molecule has 0 aliphatic rings. The van der Waals surface area contributed by atoms with E-state index in [1.54, 1.807) is 6.07 Å². The molecule has 0 aliphatic heterocycles. The number of hydrogen-bond donors (Lipinski definition) is 0. The third-order valence-corrected chi connectivity index (χ3v) is 2.39. The molecule has 0 bridgehead atoms. The Morgan fingerprint density at radius 1 is 1.62 bits per heavy atom. The molecule has 0 fully saturated rings. The summed E-state index contributed by atoms with van der Waals surface area (Å²) in [6, 6.07) is 4.55. The molecule has 0 amide bonds. The maximum Gasteiger partial charge on any atom is 0.183 e. The van der Waals surface area contributed by atoms with E-state index >= 15 is 0 Å². The van der Waals surface area contributed by atoms with Crippen molar-refractivity contribution in [3.63, 3.8) is 0 Å². The number of carbonyl (C=O) groups excluding carboxylic acids is 1. The van der Waals surface area contributed by atoms with Gasteiger partial charge in [-0.25, -0.2) is 4.39 Å². The lowest BCUT2D eigenvalue weighted by molar-refractivity contribution is 0.0987. The van der Waals surface area contributed by atoms with Crippen molar-refractivity contribution in [2.75, 3.05) is 0 Å². The van der Waals surface area contributed by atoms with Crippen molar-refractivity contribution in [2.24, 2.45) is 0 Å². The van der Waals surface area contributed by atoms with E-state index in [1.807, 2.05) is 0 Å². The molecule has 0 saturated heterocycles.